The van der Waals surface area contributed by atoms with Gasteiger partial charge in [0.2, 0.25) is 0 Å². The van der Waals surface area contributed by atoms with Crippen LogP contribution in [0.4, 0.5) is 8.78 Å². The lowest BCUT2D eigenvalue weighted by Gasteiger charge is -2.33. The van der Waals surface area contributed by atoms with Gasteiger partial charge in [0.15, 0.2) is 11.6 Å². The Morgan fingerprint density at radius 2 is 2.26 bits per heavy atom. The summed E-state index contributed by atoms with van der Waals surface area (Å²) in [7, 11) is 1.69. The van der Waals surface area contributed by atoms with E-state index in [4.69, 9.17) is 10.5 Å². The summed E-state index contributed by atoms with van der Waals surface area (Å²) in [6, 6.07) is 3.61. The van der Waals surface area contributed by atoms with E-state index in [0.29, 0.717) is 6.54 Å². The summed E-state index contributed by atoms with van der Waals surface area (Å²) >= 11 is 0. The first-order valence-electron chi connectivity index (χ1n) is 6.56. The summed E-state index contributed by atoms with van der Waals surface area (Å²) in [5, 5.41) is 0. The van der Waals surface area contributed by atoms with Crippen LogP contribution in [-0.4, -0.2) is 37.7 Å². The van der Waals surface area contributed by atoms with Gasteiger partial charge in [0.25, 0.3) is 0 Å². The van der Waals surface area contributed by atoms with Gasteiger partial charge in [-0.25, -0.2) is 8.78 Å². The lowest BCUT2D eigenvalue weighted by atomic mass is 10.0. The lowest BCUT2D eigenvalue weighted by Crippen LogP contribution is -2.42. The van der Waals surface area contributed by atoms with Crippen LogP contribution in [0.15, 0.2) is 18.2 Å². The van der Waals surface area contributed by atoms with E-state index in [0.717, 1.165) is 32.0 Å². The second kappa shape index (κ2) is 6.41. The van der Waals surface area contributed by atoms with Crippen molar-refractivity contribution in [1.29, 1.82) is 0 Å². The number of hydrogen-bond acceptors (Lipinski definition) is 3. The number of ether oxygens (including phenoxy) is 1. The summed E-state index contributed by atoms with van der Waals surface area (Å²) in [6.07, 6.45) is 2.28. The Labute approximate surface area is 112 Å². The Kier molecular flexibility index (Phi) is 4.85. The van der Waals surface area contributed by atoms with Crippen LogP contribution in [0, 0.1) is 11.6 Å². The maximum absolute atomic E-state index is 13.7. The molecule has 2 atom stereocenters. The second-order valence-corrected chi connectivity index (χ2v) is 5.01. The Hall–Kier alpha value is -1.04. The minimum atomic E-state index is -0.846. The average molecular weight is 270 g/mol. The first-order valence-corrected chi connectivity index (χ1v) is 6.56. The van der Waals surface area contributed by atoms with Crippen LogP contribution in [0.2, 0.25) is 0 Å². The molecular formula is C14H20F2N2O. The van der Waals surface area contributed by atoms with Gasteiger partial charge in [0.1, 0.15) is 0 Å². The van der Waals surface area contributed by atoms with Gasteiger partial charge in [0, 0.05) is 31.8 Å². The van der Waals surface area contributed by atoms with Gasteiger partial charge in [-0.3, -0.25) is 4.90 Å². The zero-order chi connectivity index (χ0) is 13.8. The van der Waals surface area contributed by atoms with Gasteiger partial charge in [-0.05, 0) is 25.5 Å². The molecule has 0 spiro atoms. The van der Waals surface area contributed by atoms with Crippen LogP contribution >= 0.6 is 0 Å². The fourth-order valence-corrected chi connectivity index (χ4v) is 2.55. The van der Waals surface area contributed by atoms with Crippen LogP contribution in [-0.2, 0) is 4.74 Å². The van der Waals surface area contributed by atoms with E-state index in [1.807, 2.05) is 0 Å². The quantitative estimate of drug-likeness (QED) is 0.910. The molecule has 0 radical (unpaired) electrons. The summed E-state index contributed by atoms with van der Waals surface area (Å²) in [6.45, 7) is 2.23. The minimum absolute atomic E-state index is 0.207. The molecule has 1 fully saturated rings. The number of nitrogens with zero attached hydrogens (tertiary/aromatic N) is 1. The zero-order valence-electron chi connectivity index (χ0n) is 11.1. The summed E-state index contributed by atoms with van der Waals surface area (Å²) in [5.74, 6) is -1.68. The summed E-state index contributed by atoms with van der Waals surface area (Å²) < 4.78 is 32.2. The van der Waals surface area contributed by atoms with Gasteiger partial charge in [0.05, 0.1) is 6.10 Å². The highest BCUT2D eigenvalue weighted by atomic mass is 19.2. The highest BCUT2D eigenvalue weighted by Gasteiger charge is 2.23. The molecule has 3 nitrogen and oxygen atoms in total. The number of benzene rings is 1. The molecule has 1 aliphatic rings. The van der Waals surface area contributed by atoms with Crippen molar-refractivity contribution in [2.24, 2.45) is 5.73 Å². The van der Waals surface area contributed by atoms with Crippen LogP contribution < -0.4 is 5.73 Å². The predicted molar refractivity (Wildman–Crippen MR) is 69.8 cm³/mol. The number of hydrogen-bond donors (Lipinski definition) is 1. The summed E-state index contributed by atoms with van der Waals surface area (Å²) in [4.78, 5) is 2.15. The molecule has 2 unspecified atom stereocenters. The van der Waals surface area contributed by atoms with Gasteiger partial charge >= 0.3 is 0 Å². The molecule has 2 rings (SSSR count). The molecule has 0 aliphatic carbocycles. The van der Waals surface area contributed by atoms with Crippen molar-refractivity contribution in [3.05, 3.63) is 35.4 Å². The summed E-state index contributed by atoms with van der Waals surface area (Å²) in [5.41, 5.74) is 6.23. The largest absolute Gasteiger partial charge is 0.380 e. The predicted octanol–water partition coefficient (Wildman–Crippen LogP) is 2.08. The molecule has 1 aliphatic heterocycles. The van der Waals surface area contributed by atoms with E-state index >= 15 is 0 Å². The molecule has 0 saturated carbocycles. The third kappa shape index (κ3) is 3.49. The van der Waals surface area contributed by atoms with E-state index in [1.165, 1.54) is 6.07 Å². The van der Waals surface area contributed by atoms with E-state index in [1.54, 1.807) is 13.2 Å². The van der Waals surface area contributed by atoms with Crippen molar-refractivity contribution in [3.8, 4) is 0 Å². The standard InChI is InChI=1S/C14H20F2N2O/c1-19-10-4-3-7-18(8-10)9-13(17)11-5-2-6-12(15)14(11)16/h2,5-6,10,13H,3-4,7-9,17H2,1H3. The smallest absolute Gasteiger partial charge is 0.163 e. The normalized spacial score (nSPS) is 22.4. The molecule has 1 aromatic carbocycles. The van der Waals surface area contributed by atoms with Crippen molar-refractivity contribution < 1.29 is 13.5 Å². The molecule has 19 heavy (non-hydrogen) atoms. The van der Waals surface area contributed by atoms with Crippen LogP contribution in [0.5, 0.6) is 0 Å². The van der Waals surface area contributed by atoms with Gasteiger partial charge < -0.3 is 10.5 Å². The van der Waals surface area contributed by atoms with Crippen molar-refractivity contribution in [1.82, 2.24) is 4.90 Å². The minimum Gasteiger partial charge on any atom is -0.380 e. The van der Waals surface area contributed by atoms with Crippen molar-refractivity contribution in [2.45, 2.75) is 25.0 Å². The maximum Gasteiger partial charge on any atom is 0.163 e. The SMILES string of the molecule is COC1CCCN(CC(N)c2cccc(F)c2F)C1. The average Bonchev–Trinajstić information content (AvgIpc) is 2.42. The molecule has 0 aromatic heterocycles. The van der Waals surface area contributed by atoms with E-state index in [2.05, 4.69) is 4.90 Å². The number of halogens is 2. The Balaban J connectivity index is 2.00. The fraction of sp³-hybridized carbons (Fsp3) is 0.571. The molecule has 106 valence electrons. The van der Waals surface area contributed by atoms with Gasteiger partial charge in [-0.2, -0.15) is 0 Å². The van der Waals surface area contributed by atoms with Crippen LogP contribution in [0.1, 0.15) is 24.4 Å². The van der Waals surface area contributed by atoms with Crippen LogP contribution in [0.25, 0.3) is 0 Å². The molecule has 1 aromatic rings. The fourth-order valence-electron chi connectivity index (χ4n) is 2.55. The zero-order valence-corrected chi connectivity index (χ0v) is 11.1. The Morgan fingerprint density at radius 1 is 1.47 bits per heavy atom. The number of rotatable bonds is 4. The molecule has 0 amide bonds. The van der Waals surface area contributed by atoms with Crippen molar-refractivity contribution in [2.75, 3.05) is 26.7 Å². The molecule has 1 heterocycles. The van der Waals surface area contributed by atoms with Crippen molar-refractivity contribution in [3.63, 3.8) is 0 Å². The highest BCUT2D eigenvalue weighted by Crippen LogP contribution is 2.20. The van der Waals surface area contributed by atoms with Gasteiger partial charge in [-0.15, -0.1) is 0 Å². The molecule has 0 bridgehead atoms. The third-order valence-electron chi connectivity index (χ3n) is 3.63. The second-order valence-electron chi connectivity index (χ2n) is 5.01. The molecular weight excluding hydrogens is 250 g/mol. The maximum atomic E-state index is 13.7. The van der Waals surface area contributed by atoms with Crippen molar-refractivity contribution >= 4 is 0 Å². The first-order chi connectivity index (χ1) is 9.11. The Morgan fingerprint density at radius 3 is 3.00 bits per heavy atom. The lowest BCUT2D eigenvalue weighted by molar-refractivity contribution is 0.0293. The van der Waals surface area contributed by atoms with Crippen LogP contribution in [0.3, 0.4) is 0 Å². The number of piperidine rings is 1. The Bertz CT molecular complexity index is 428. The van der Waals surface area contributed by atoms with Gasteiger partial charge in [-0.1, -0.05) is 12.1 Å². The van der Waals surface area contributed by atoms with E-state index in [-0.39, 0.29) is 11.7 Å². The highest BCUT2D eigenvalue weighted by molar-refractivity contribution is 5.22. The monoisotopic (exact) mass is 270 g/mol. The molecule has 2 N–H and O–H groups in total. The molecule has 1 saturated heterocycles. The third-order valence-corrected chi connectivity index (χ3v) is 3.63. The molecule has 5 heteroatoms. The topological polar surface area (TPSA) is 38.5 Å². The number of likely N-dealkylation sites (tertiary alicyclic amines) is 1. The number of methoxy groups -OCH3 is 1. The number of nitrogens with two attached hydrogens (primary N) is 1. The van der Waals surface area contributed by atoms with E-state index in [9.17, 15) is 8.78 Å². The van der Waals surface area contributed by atoms with E-state index < -0.39 is 17.7 Å². The first kappa shape index (κ1) is 14.4.